The molecule has 0 aliphatic carbocycles. The lowest BCUT2D eigenvalue weighted by atomic mass is 10.2. The average Bonchev–Trinajstić information content (AvgIpc) is 3.60. The molecule has 2 aromatic heterocycles. The van der Waals surface area contributed by atoms with E-state index in [1.165, 1.54) is 24.9 Å². The number of nitrogen functional groups attached to an aromatic ring is 1. The van der Waals surface area contributed by atoms with E-state index in [2.05, 4.69) is 50.0 Å². The van der Waals surface area contributed by atoms with Crippen molar-refractivity contribution >= 4 is 95.3 Å². The zero-order chi connectivity index (χ0) is 40.6. The number of hydrogen-bond donors (Lipinski definition) is 5. The summed E-state index contributed by atoms with van der Waals surface area (Å²) in [5.41, 5.74) is 9.98. The molecule has 5 rings (SSSR count). The Labute approximate surface area is 333 Å². The molecule has 18 nitrogen and oxygen atoms in total. The van der Waals surface area contributed by atoms with Crippen LogP contribution >= 0.6 is 23.3 Å². The molecule has 6 N–H and O–H groups in total. The van der Waals surface area contributed by atoms with Crippen molar-refractivity contribution in [3.05, 3.63) is 36.4 Å². The van der Waals surface area contributed by atoms with Crippen LogP contribution in [-0.2, 0) is 10.1 Å². The standard InChI is InChI=1S/C35H45N11O7S3/c1-8-45(9-2)25-17-22(20(36)16-28(25)52-6)37-33-39-34(41-35(40-33)54-15-14-47)38-23-18-26(46(10-3)11-4)29(53-7)19-24(23)42-43-32-30-21(44-55-32)12-13-27(51-5)31(30)56(48,49)50/h12-13,16-19,47H,8-11,14-15,36H2,1-7H3,(H,48,49,50)(H2,37,38,39,40,41). The quantitative estimate of drug-likeness (QED) is 0.0243. The van der Waals surface area contributed by atoms with Gasteiger partial charge in [-0.1, -0.05) is 11.8 Å². The molecule has 0 fully saturated rings. The molecule has 0 saturated carbocycles. The smallest absolute Gasteiger partial charge is 0.299 e. The number of methoxy groups -OCH3 is 3. The highest BCUT2D eigenvalue weighted by Gasteiger charge is 2.25. The van der Waals surface area contributed by atoms with Crippen LogP contribution in [0.25, 0.3) is 10.9 Å². The van der Waals surface area contributed by atoms with Crippen molar-refractivity contribution in [2.75, 3.05) is 86.0 Å². The van der Waals surface area contributed by atoms with E-state index in [1.54, 1.807) is 32.4 Å². The Balaban J connectivity index is 1.64. The lowest BCUT2D eigenvalue weighted by Gasteiger charge is -2.25. The Morgan fingerprint density at radius 3 is 1.95 bits per heavy atom. The highest BCUT2D eigenvalue weighted by atomic mass is 32.2. The summed E-state index contributed by atoms with van der Waals surface area (Å²) in [5.74, 6) is 1.69. The Morgan fingerprint density at radius 1 is 0.821 bits per heavy atom. The minimum Gasteiger partial charge on any atom is -0.495 e. The zero-order valence-corrected chi connectivity index (χ0v) is 34.5. The van der Waals surface area contributed by atoms with Crippen molar-refractivity contribution in [3.8, 4) is 17.2 Å². The first-order valence-electron chi connectivity index (χ1n) is 17.5. The third kappa shape index (κ3) is 9.24. The molecule has 3 aromatic carbocycles. The lowest BCUT2D eigenvalue weighted by molar-refractivity contribution is 0.322. The molecule has 0 amide bonds. The van der Waals surface area contributed by atoms with Gasteiger partial charge < -0.3 is 45.5 Å². The van der Waals surface area contributed by atoms with Crippen molar-refractivity contribution in [1.82, 2.24) is 19.3 Å². The Bertz CT molecular complexity index is 2300. The van der Waals surface area contributed by atoms with Crippen LogP contribution in [0.1, 0.15) is 27.7 Å². The van der Waals surface area contributed by atoms with Gasteiger partial charge in [-0.2, -0.15) is 27.7 Å². The number of nitrogens with two attached hydrogens (primary N) is 1. The molecule has 0 unspecified atom stereocenters. The van der Waals surface area contributed by atoms with E-state index in [-0.39, 0.29) is 45.8 Å². The first-order chi connectivity index (χ1) is 26.9. The number of benzene rings is 3. The number of hydrogen-bond acceptors (Lipinski definition) is 19. The first-order valence-corrected chi connectivity index (χ1v) is 20.7. The van der Waals surface area contributed by atoms with Crippen LogP contribution in [0.4, 0.5) is 51.0 Å². The maximum atomic E-state index is 12.5. The van der Waals surface area contributed by atoms with Gasteiger partial charge in [-0.15, -0.1) is 10.2 Å². The number of nitrogens with one attached hydrogen (secondary N) is 2. The molecule has 0 radical (unpaired) electrons. The third-order valence-corrected chi connectivity index (χ3v) is 11.1. The van der Waals surface area contributed by atoms with E-state index in [4.69, 9.17) is 19.9 Å². The summed E-state index contributed by atoms with van der Waals surface area (Å²) in [6, 6.07) is 10.1. The second-order valence-electron chi connectivity index (χ2n) is 11.7. The maximum absolute atomic E-state index is 12.5. The number of fused-ring (bicyclic) bond motifs is 1. The molecular weight excluding hydrogens is 783 g/mol. The summed E-state index contributed by atoms with van der Waals surface area (Å²) in [6.07, 6.45) is 0. The number of aliphatic hydroxyl groups excluding tert-OH is 1. The average molecular weight is 828 g/mol. The number of anilines is 7. The molecule has 2 heterocycles. The van der Waals surface area contributed by atoms with Gasteiger partial charge in [0.1, 0.15) is 27.8 Å². The van der Waals surface area contributed by atoms with E-state index < -0.39 is 15.0 Å². The van der Waals surface area contributed by atoms with E-state index in [0.717, 1.165) is 36.0 Å². The van der Waals surface area contributed by atoms with Crippen molar-refractivity contribution in [2.45, 2.75) is 37.7 Å². The number of ether oxygens (including phenoxy) is 3. The highest BCUT2D eigenvalue weighted by Crippen LogP contribution is 2.44. The van der Waals surface area contributed by atoms with Crippen molar-refractivity contribution in [3.63, 3.8) is 0 Å². The van der Waals surface area contributed by atoms with E-state index in [0.29, 0.717) is 52.6 Å². The van der Waals surface area contributed by atoms with Crippen LogP contribution in [0.2, 0.25) is 0 Å². The molecule has 56 heavy (non-hydrogen) atoms. The molecule has 5 aromatic rings. The van der Waals surface area contributed by atoms with Gasteiger partial charge in [0, 0.05) is 44.1 Å². The lowest BCUT2D eigenvalue weighted by Crippen LogP contribution is -2.22. The molecule has 0 bridgehead atoms. The monoisotopic (exact) mass is 827 g/mol. The number of nitrogens with zero attached hydrogens (tertiary/aromatic N) is 8. The second-order valence-corrected chi connectivity index (χ2v) is 14.9. The van der Waals surface area contributed by atoms with E-state index in [9.17, 15) is 18.1 Å². The van der Waals surface area contributed by atoms with Crippen molar-refractivity contribution in [2.24, 2.45) is 10.2 Å². The van der Waals surface area contributed by atoms with Gasteiger partial charge in [-0.05, 0) is 63.5 Å². The first kappa shape index (κ1) is 41.9. The van der Waals surface area contributed by atoms with Gasteiger partial charge in [-0.25, -0.2) is 0 Å². The minimum atomic E-state index is -4.74. The minimum absolute atomic E-state index is 0.0579. The van der Waals surface area contributed by atoms with E-state index >= 15 is 0 Å². The molecule has 0 aliphatic heterocycles. The molecule has 0 spiro atoms. The number of thioether (sulfide) groups is 1. The third-order valence-electron chi connectivity index (χ3n) is 8.56. The number of aromatic nitrogens is 4. The molecular formula is C35H45N11O7S3. The van der Waals surface area contributed by atoms with Gasteiger partial charge in [0.2, 0.25) is 11.9 Å². The number of aliphatic hydroxyl groups is 1. The van der Waals surface area contributed by atoms with Gasteiger partial charge in [0.25, 0.3) is 10.1 Å². The fourth-order valence-corrected chi connectivity index (χ4v) is 8.07. The topological polar surface area (TPSA) is 235 Å². The van der Waals surface area contributed by atoms with Crippen molar-refractivity contribution < 1.29 is 32.3 Å². The summed E-state index contributed by atoms with van der Waals surface area (Å²) in [4.78, 5) is 17.7. The molecule has 0 atom stereocenters. The largest absolute Gasteiger partial charge is 0.495 e. The number of azo groups is 1. The second kappa shape index (κ2) is 18.6. The Kier molecular flexibility index (Phi) is 13.9. The fourth-order valence-electron chi connectivity index (χ4n) is 5.85. The van der Waals surface area contributed by atoms with Crippen LogP contribution in [-0.4, -0.2) is 97.3 Å². The summed E-state index contributed by atoms with van der Waals surface area (Å²) in [6.45, 7) is 10.8. The van der Waals surface area contributed by atoms with Crippen molar-refractivity contribution in [1.29, 1.82) is 0 Å². The Morgan fingerprint density at radius 2 is 1.39 bits per heavy atom. The molecule has 300 valence electrons. The molecule has 0 aliphatic rings. The van der Waals surface area contributed by atoms with Crippen LogP contribution < -0.4 is 40.4 Å². The maximum Gasteiger partial charge on any atom is 0.299 e. The summed E-state index contributed by atoms with van der Waals surface area (Å²) < 4.78 is 56.1. The highest BCUT2D eigenvalue weighted by molar-refractivity contribution is 7.99. The van der Waals surface area contributed by atoms with Gasteiger partial charge in [-0.3, -0.25) is 4.55 Å². The molecule has 0 saturated heterocycles. The number of rotatable bonds is 19. The van der Waals surface area contributed by atoms with Gasteiger partial charge in [0.15, 0.2) is 10.2 Å². The fraction of sp³-hybridized carbons (Fsp3) is 0.371. The predicted octanol–water partition coefficient (Wildman–Crippen LogP) is 7.02. The van der Waals surface area contributed by atoms with Gasteiger partial charge >= 0.3 is 0 Å². The van der Waals surface area contributed by atoms with Crippen LogP contribution in [0, 0.1) is 0 Å². The van der Waals surface area contributed by atoms with Crippen LogP contribution in [0.5, 0.6) is 17.2 Å². The normalized spacial score (nSPS) is 11.6. The van der Waals surface area contributed by atoms with Crippen LogP contribution in [0.15, 0.2) is 56.7 Å². The van der Waals surface area contributed by atoms with Crippen LogP contribution in [0.3, 0.4) is 0 Å². The van der Waals surface area contributed by atoms with Gasteiger partial charge in [0.05, 0.1) is 67.3 Å². The SMILES string of the molecule is CCN(CC)c1cc(Nc2nc(Nc3cc(N(CC)CC)c(OC)cc3N=Nc3snc4ccc(OC)c(S(=O)(=O)O)c34)nc(SCCO)n2)c(N)cc1OC. The summed E-state index contributed by atoms with van der Waals surface area (Å²) in [5, 5.41) is 25.5. The Hall–Kier alpha value is -5.22. The summed E-state index contributed by atoms with van der Waals surface area (Å²) >= 11 is 2.13. The molecule has 21 heteroatoms. The summed E-state index contributed by atoms with van der Waals surface area (Å²) in [7, 11) is -0.309. The van der Waals surface area contributed by atoms with E-state index in [1.807, 2.05) is 39.8 Å². The zero-order valence-electron chi connectivity index (χ0n) is 32.0. The predicted molar refractivity (Wildman–Crippen MR) is 222 cm³/mol.